The number of nitrogens with zero attached hydrogens (tertiary/aromatic N) is 3. The van der Waals surface area contributed by atoms with Crippen molar-refractivity contribution < 1.29 is 0 Å². The Labute approximate surface area is 239 Å². The Bertz CT molecular complexity index is 1910. The van der Waals surface area contributed by atoms with Gasteiger partial charge >= 0.3 is 0 Å². The molecule has 41 heavy (non-hydrogen) atoms. The summed E-state index contributed by atoms with van der Waals surface area (Å²) in [6.45, 7) is 0. The number of rotatable bonds is 5. The maximum atomic E-state index is 5.15. The number of amidine groups is 1. The predicted molar refractivity (Wildman–Crippen MR) is 170 cm³/mol. The Morgan fingerprint density at radius 3 is 1.90 bits per heavy atom. The summed E-state index contributed by atoms with van der Waals surface area (Å²) in [5.74, 6) is 1.61. The number of aromatic nitrogens is 2. The van der Waals surface area contributed by atoms with Crippen molar-refractivity contribution in [3.05, 3.63) is 156 Å². The lowest BCUT2D eigenvalue weighted by Crippen LogP contribution is -2.09. The van der Waals surface area contributed by atoms with Crippen LogP contribution in [0.2, 0.25) is 0 Å². The van der Waals surface area contributed by atoms with Gasteiger partial charge in [0, 0.05) is 16.7 Å². The predicted octanol–water partition coefficient (Wildman–Crippen LogP) is 8.97. The Balaban J connectivity index is 1.26. The molecule has 0 atom stereocenters. The van der Waals surface area contributed by atoms with E-state index in [0.29, 0.717) is 0 Å². The fraction of sp³-hybridized carbons (Fsp3) is 0.0541. The van der Waals surface area contributed by atoms with Gasteiger partial charge in [-0.1, -0.05) is 121 Å². The molecule has 0 bridgehead atoms. The van der Waals surface area contributed by atoms with Crippen LogP contribution >= 0.6 is 0 Å². The van der Waals surface area contributed by atoms with Gasteiger partial charge in [0.1, 0.15) is 5.82 Å². The molecule has 196 valence electrons. The summed E-state index contributed by atoms with van der Waals surface area (Å²) in [4.78, 5) is 18.6. The van der Waals surface area contributed by atoms with E-state index in [1.165, 1.54) is 0 Å². The first-order valence-corrected chi connectivity index (χ1v) is 13.9. The van der Waals surface area contributed by atoms with Crippen molar-refractivity contribution >= 4 is 28.3 Å². The second-order valence-corrected chi connectivity index (χ2v) is 10.1. The minimum absolute atomic E-state index is 0.729. The minimum atomic E-state index is 0.729. The van der Waals surface area contributed by atoms with E-state index in [-0.39, 0.29) is 0 Å². The molecule has 0 aliphatic carbocycles. The first-order valence-electron chi connectivity index (χ1n) is 13.9. The Morgan fingerprint density at radius 1 is 0.512 bits per heavy atom. The lowest BCUT2D eigenvalue weighted by Gasteiger charge is -2.14. The molecule has 0 spiro atoms. The topological polar surface area (TPSA) is 53.4 Å². The van der Waals surface area contributed by atoms with E-state index >= 15 is 0 Å². The molecule has 0 radical (unpaired) electrons. The van der Waals surface area contributed by atoms with Gasteiger partial charge in [-0.3, -0.25) is 0 Å². The maximum absolute atomic E-state index is 5.15. The highest BCUT2D eigenvalue weighted by atomic mass is 14.9. The summed E-state index contributed by atoms with van der Waals surface area (Å²) >= 11 is 0. The Hall–Kier alpha value is -5.35. The fourth-order valence-corrected chi connectivity index (χ4v) is 5.23. The molecule has 1 aromatic heterocycles. The molecule has 2 heterocycles. The van der Waals surface area contributed by atoms with E-state index in [9.17, 15) is 0 Å². The van der Waals surface area contributed by atoms with E-state index in [0.717, 1.165) is 80.3 Å². The molecule has 4 nitrogen and oxygen atoms in total. The van der Waals surface area contributed by atoms with Crippen molar-refractivity contribution in [1.82, 2.24) is 9.97 Å². The molecule has 4 heteroatoms. The van der Waals surface area contributed by atoms with Gasteiger partial charge in [-0.2, -0.15) is 0 Å². The average molecular weight is 529 g/mol. The van der Waals surface area contributed by atoms with Crippen LogP contribution in [-0.4, -0.2) is 21.5 Å². The van der Waals surface area contributed by atoms with Gasteiger partial charge in [-0.25, -0.2) is 15.0 Å². The van der Waals surface area contributed by atoms with E-state index in [1.54, 1.807) is 0 Å². The first-order chi connectivity index (χ1) is 20.3. The molecule has 0 saturated heterocycles. The first kappa shape index (κ1) is 24.7. The maximum Gasteiger partial charge on any atom is 0.160 e. The van der Waals surface area contributed by atoms with Crippen molar-refractivity contribution in [1.29, 1.82) is 0 Å². The summed E-state index contributed by atoms with van der Waals surface area (Å²) in [6.07, 6.45) is 3.95. The molecule has 0 amide bonds. The third-order valence-corrected chi connectivity index (χ3v) is 7.35. The van der Waals surface area contributed by atoms with Crippen LogP contribution in [0.15, 0.2) is 150 Å². The van der Waals surface area contributed by atoms with Crippen molar-refractivity contribution in [2.75, 3.05) is 0 Å². The van der Waals surface area contributed by atoms with E-state index < -0.39 is 0 Å². The van der Waals surface area contributed by atoms with Gasteiger partial charge in [-0.15, -0.1) is 0 Å². The fourth-order valence-electron chi connectivity index (χ4n) is 5.23. The third-order valence-electron chi connectivity index (χ3n) is 7.35. The monoisotopic (exact) mass is 528 g/mol. The van der Waals surface area contributed by atoms with E-state index in [4.69, 9.17) is 15.0 Å². The number of H-pyrrole nitrogens is 1. The number of aromatic amines is 1. The number of nitrogens with one attached hydrogen (secondary N) is 1. The summed E-state index contributed by atoms with van der Waals surface area (Å²) in [5.41, 5.74) is 10.5. The largest absolute Gasteiger partial charge is 0.338 e. The highest BCUT2D eigenvalue weighted by molar-refractivity contribution is 6.14. The lowest BCUT2D eigenvalue weighted by atomic mass is 9.99. The van der Waals surface area contributed by atoms with Crippen LogP contribution < -0.4 is 0 Å². The van der Waals surface area contributed by atoms with Crippen LogP contribution in [-0.2, 0) is 0 Å². The van der Waals surface area contributed by atoms with Gasteiger partial charge in [0.15, 0.2) is 5.84 Å². The highest BCUT2D eigenvalue weighted by Crippen LogP contribution is 2.30. The summed E-state index contributed by atoms with van der Waals surface area (Å²) in [6, 6.07) is 45.9. The zero-order valence-corrected chi connectivity index (χ0v) is 22.5. The molecule has 0 saturated carbocycles. The summed E-state index contributed by atoms with van der Waals surface area (Å²) in [5, 5.41) is 0. The Morgan fingerprint density at radius 2 is 1.15 bits per heavy atom. The number of benzene rings is 5. The highest BCUT2D eigenvalue weighted by Gasteiger charge is 2.14. The molecular weight excluding hydrogens is 500 g/mol. The van der Waals surface area contributed by atoms with Crippen molar-refractivity contribution in [3.8, 4) is 22.5 Å². The average Bonchev–Trinajstić information content (AvgIpc) is 3.46. The van der Waals surface area contributed by atoms with Crippen LogP contribution in [0.4, 0.5) is 0 Å². The number of fused-ring (bicyclic) bond motifs is 1. The standard InChI is InChI=1S/C37H28N4/c1-4-12-26(13-5-1)32-20-11-21-33(39-36(38-32)27-14-6-2-7-15-27)31-19-10-18-29(24-31)30-22-23-34-35(25-30)41-37(40-34)28-16-8-3-9-17-28/h1-10,12-19,21-25H,11,20H2,(H,40,41)/b33-21-,38-32?,39-36?. The van der Waals surface area contributed by atoms with Crippen molar-refractivity contribution in [3.63, 3.8) is 0 Å². The van der Waals surface area contributed by atoms with Gasteiger partial charge in [0.05, 0.1) is 22.4 Å². The second kappa shape index (κ2) is 11.0. The van der Waals surface area contributed by atoms with Crippen LogP contribution in [0.25, 0.3) is 39.2 Å². The second-order valence-electron chi connectivity index (χ2n) is 10.1. The normalized spacial score (nSPS) is 14.9. The molecule has 1 aliphatic rings. The molecule has 5 aromatic carbocycles. The van der Waals surface area contributed by atoms with Crippen molar-refractivity contribution in [2.45, 2.75) is 12.8 Å². The quantitative estimate of drug-likeness (QED) is 0.239. The van der Waals surface area contributed by atoms with Crippen LogP contribution in [0.1, 0.15) is 29.5 Å². The molecular formula is C37H28N4. The lowest BCUT2D eigenvalue weighted by molar-refractivity contribution is 1.08. The summed E-state index contributed by atoms with van der Waals surface area (Å²) in [7, 11) is 0. The summed E-state index contributed by atoms with van der Waals surface area (Å²) < 4.78 is 0. The van der Waals surface area contributed by atoms with E-state index in [2.05, 4.69) is 102 Å². The Kier molecular flexibility index (Phi) is 6.64. The van der Waals surface area contributed by atoms with Crippen LogP contribution in [0, 0.1) is 0 Å². The SMILES string of the molecule is C1=C(/c2cccc(-c3ccc4[nH]c(-c5ccccc5)nc4c3)c2)N=C(c2ccccc2)N=C(c2ccccc2)CC/1. The van der Waals surface area contributed by atoms with Gasteiger partial charge < -0.3 is 4.98 Å². The third kappa shape index (κ3) is 5.28. The van der Waals surface area contributed by atoms with Crippen LogP contribution in [0.3, 0.4) is 0 Å². The number of hydrogen-bond donors (Lipinski definition) is 1. The van der Waals surface area contributed by atoms with Gasteiger partial charge in [-0.05, 0) is 47.7 Å². The van der Waals surface area contributed by atoms with Gasteiger partial charge in [0.25, 0.3) is 0 Å². The molecule has 0 unspecified atom stereocenters. The van der Waals surface area contributed by atoms with E-state index in [1.807, 2.05) is 42.5 Å². The zero-order chi connectivity index (χ0) is 27.4. The molecule has 7 rings (SSSR count). The smallest absolute Gasteiger partial charge is 0.160 e. The number of aliphatic imine (C=N–C) groups is 2. The number of hydrogen-bond acceptors (Lipinski definition) is 3. The molecule has 0 fully saturated rings. The van der Waals surface area contributed by atoms with Crippen LogP contribution in [0.5, 0.6) is 0 Å². The van der Waals surface area contributed by atoms with Crippen molar-refractivity contribution in [2.24, 2.45) is 9.98 Å². The van der Waals surface area contributed by atoms with Gasteiger partial charge in [0.2, 0.25) is 0 Å². The molecule has 1 N–H and O–H groups in total. The molecule has 1 aliphatic heterocycles. The minimum Gasteiger partial charge on any atom is -0.338 e. The number of imidazole rings is 1. The number of allylic oxidation sites excluding steroid dienone is 1. The zero-order valence-electron chi connectivity index (χ0n) is 22.5. The molecule has 6 aromatic rings.